The van der Waals surface area contributed by atoms with Crippen molar-refractivity contribution in [3.8, 4) is 0 Å². The first-order chi connectivity index (χ1) is 10.4. The summed E-state index contributed by atoms with van der Waals surface area (Å²) in [7, 11) is 0. The Labute approximate surface area is 134 Å². The van der Waals surface area contributed by atoms with Crippen molar-refractivity contribution in [1.82, 2.24) is 10.2 Å². The number of hydrogen-bond acceptors (Lipinski definition) is 3. The largest absolute Gasteiger partial charge is 0.444 e. The summed E-state index contributed by atoms with van der Waals surface area (Å²) < 4.78 is 55.4. The lowest BCUT2D eigenvalue weighted by molar-refractivity contribution is -0.126. The van der Waals surface area contributed by atoms with Crippen molar-refractivity contribution in [2.24, 2.45) is 0 Å². The lowest BCUT2D eigenvalue weighted by Gasteiger charge is -2.30. The van der Waals surface area contributed by atoms with Crippen molar-refractivity contribution in [2.75, 3.05) is 13.1 Å². The van der Waals surface area contributed by atoms with E-state index in [-0.39, 0.29) is 6.04 Å². The molecule has 0 aromatic heterocycles. The molecular weight excluding hydrogens is 316 g/mol. The molecule has 2 unspecified atom stereocenters. The Morgan fingerprint density at radius 3 is 2.48 bits per heavy atom. The standard InChI is InChI=1S/C15H26F4N2O2/c1-10(20-9-15(18,19)12(16)17)8-11-6-5-7-21(11)13(22)23-14(2,3)4/h10-12,20H,5-9H2,1-4H3. The van der Waals surface area contributed by atoms with E-state index in [1.165, 1.54) is 0 Å². The molecule has 0 aliphatic carbocycles. The summed E-state index contributed by atoms with van der Waals surface area (Å²) in [5.74, 6) is -4.05. The fraction of sp³-hybridized carbons (Fsp3) is 0.933. The lowest BCUT2D eigenvalue weighted by Crippen LogP contribution is -2.46. The van der Waals surface area contributed by atoms with E-state index >= 15 is 0 Å². The van der Waals surface area contributed by atoms with E-state index in [1.54, 1.807) is 32.6 Å². The fourth-order valence-electron chi connectivity index (χ4n) is 2.52. The van der Waals surface area contributed by atoms with Gasteiger partial charge in [-0.1, -0.05) is 0 Å². The second kappa shape index (κ2) is 7.68. The van der Waals surface area contributed by atoms with Crippen LogP contribution in [0.15, 0.2) is 0 Å². The molecule has 0 radical (unpaired) electrons. The smallest absolute Gasteiger partial charge is 0.410 e. The lowest BCUT2D eigenvalue weighted by atomic mass is 10.1. The molecule has 136 valence electrons. The van der Waals surface area contributed by atoms with Gasteiger partial charge in [0.1, 0.15) is 5.60 Å². The number of carbonyl (C=O) groups is 1. The molecule has 1 fully saturated rings. The summed E-state index contributed by atoms with van der Waals surface area (Å²) in [6.07, 6.45) is -2.14. The third kappa shape index (κ3) is 6.53. The van der Waals surface area contributed by atoms with Crippen LogP contribution in [0, 0.1) is 0 Å². The maximum absolute atomic E-state index is 12.9. The Morgan fingerprint density at radius 1 is 1.35 bits per heavy atom. The van der Waals surface area contributed by atoms with E-state index in [0.717, 1.165) is 12.8 Å². The summed E-state index contributed by atoms with van der Waals surface area (Å²) >= 11 is 0. The van der Waals surface area contributed by atoms with E-state index in [0.29, 0.717) is 13.0 Å². The Balaban J connectivity index is 2.50. The molecule has 1 amide bonds. The van der Waals surface area contributed by atoms with Gasteiger partial charge in [-0.3, -0.25) is 0 Å². The van der Waals surface area contributed by atoms with E-state index in [4.69, 9.17) is 4.74 Å². The molecule has 23 heavy (non-hydrogen) atoms. The molecule has 4 nitrogen and oxygen atoms in total. The second-order valence-electron chi connectivity index (χ2n) is 7.05. The maximum Gasteiger partial charge on any atom is 0.410 e. The zero-order valence-corrected chi connectivity index (χ0v) is 14.0. The molecule has 1 heterocycles. The Morgan fingerprint density at radius 2 is 1.96 bits per heavy atom. The van der Waals surface area contributed by atoms with Crippen molar-refractivity contribution in [3.63, 3.8) is 0 Å². The number of ether oxygens (including phenoxy) is 1. The summed E-state index contributed by atoms with van der Waals surface area (Å²) in [4.78, 5) is 13.7. The number of carbonyl (C=O) groups excluding carboxylic acids is 1. The van der Waals surface area contributed by atoms with Gasteiger partial charge in [-0.2, -0.15) is 8.78 Å². The summed E-state index contributed by atoms with van der Waals surface area (Å²) in [6.45, 7) is 6.43. The van der Waals surface area contributed by atoms with E-state index < -0.39 is 36.6 Å². The van der Waals surface area contributed by atoms with Crippen LogP contribution in [0.4, 0.5) is 22.4 Å². The van der Waals surface area contributed by atoms with Crippen LogP contribution in [0.1, 0.15) is 47.0 Å². The molecule has 8 heteroatoms. The highest BCUT2D eigenvalue weighted by Crippen LogP contribution is 2.25. The molecule has 1 N–H and O–H groups in total. The maximum atomic E-state index is 12.9. The van der Waals surface area contributed by atoms with Gasteiger partial charge in [0.2, 0.25) is 0 Å². The quantitative estimate of drug-likeness (QED) is 0.749. The van der Waals surface area contributed by atoms with Crippen LogP contribution in [0.3, 0.4) is 0 Å². The van der Waals surface area contributed by atoms with Crippen LogP contribution in [0.25, 0.3) is 0 Å². The van der Waals surface area contributed by atoms with Crippen molar-refractivity contribution in [1.29, 1.82) is 0 Å². The van der Waals surface area contributed by atoms with E-state index in [1.807, 2.05) is 0 Å². The van der Waals surface area contributed by atoms with Gasteiger partial charge in [-0.05, 0) is 47.0 Å². The predicted octanol–water partition coefficient (Wildman–Crippen LogP) is 3.65. The highest BCUT2D eigenvalue weighted by Gasteiger charge is 2.41. The number of alkyl halides is 4. The van der Waals surface area contributed by atoms with Gasteiger partial charge in [0.25, 0.3) is 0 Å². The molecule has 1 rings (SSSR count). The number of halogens is 4. The average molecular weight is 342 g/mol. The number of amides is 1. The molecule has 1 aliphatic rings. The zero-order chi connectivity index (χ0) is 17.8. The van der Waals surface area contributed by atoms with Crippen molar-refractivity contribution in [3.05, 3.63) is 0 Å². The first-order valence-corrected chi connectivity index (χ1v) is 7.81. The highest BCUT2D eigenvalue weighted by atomic mass is 19.3. The zero-order valence-electron chi connectivity index (χ0n) is 14.0. The summed E-state index contributed by atoms with van der Waals surface area (Å²) in [6, 6.07) is -0.541. The molecular formula is C15H26F4N2O2. The number of nitrogens with zero attached hydrogens (tertiary/aromatic N) is 1. The Hall–Kier alpha value is -1.05. The SMILES string of the molecule is CC(CC1CCCN1C(=O)OC(C)(C)C)NCC(F)(F)C(F)F. The van der Waals surface area contributed by atoms with Crippen molar-refractivity contribution >= 4 is 6.09 Å². The third-order valence-electron chi connectivity index (χ3n) is 3.64. The number of rotatable bonds is 6. The number of likely N-dealkylation sites (tertiary alicyclic amines) is 1. The van der Waals surface area contributed by atoms with Gasteiger partial charge < -0.3 is 15.0 Å². The van der Waals surface area contributed by atoms with Crippen molar-refractivity contribution in [2.45, 2.75) is 77.0 Å². The first-order valence-electron chi connectivity index (χ1n) is 7.81. The van der Waals surface area contributed by atoms with Gasteiger partial charge in [-0.15, -0.1) is 0 Å². The van der Waals surface area contributed by atoms with Crippen molar-refractivity contribution < 1.29 is 27.1 Å². The van der Waals surface area contributed by atoms with E-state index in [2.05, 4.69) is 5.32 Å². The first kappa shape index (κ1) is 20.0. The molecule has 0 aromatic rings. The Bertz CT molecular complexity index is 399. The number of nitrogens with one attached hydrogen (secondary N) is 1. The van der Waals surface area contributed by atoms with Crippen LogP contribution in [0.5, 0.6) is 0 Å². The fourth-order valence-corrected chi connectivity index (χ4v) is 2.52. The minimum absolute atomic E-state index is 0.132. The van der Waals surface area contributed by atoms with Crippen LogP contribution in [-0.2, 0) is 4.74 Å². The second-order valence-corrected chi connectivity index (χ2v) is 7.05. The molecule has 1 saturated heterocycles. The average Bonchev–Trinajstić information content (AvgIpc) is 2.82. The molecule has 0 saturated carbocycles. The van der Waals surface area contributed by atoms with Crippen LogP contribution < -0.4 is 5.32 Å². The highest BCUT2D eigenvalue weighted by molar-refractivity contribution is 5.68. The normalized spacial score (nSPS) is 20.9. The minimum Gasteiger partial charge on any atom is -0.444 e. The molecule has 1 aliphatic heterocycles. The molecule has 0 aromatic carbocycles. The van der Waals surface area contributed by atoms with Gasteiger partial charge in [-0.25, -0.2) is 13.6 Å². The van der Waals surface area contributed by atoms with Crippen LogP contribution in [0.2, 0.25) is 0 Å². The monoisotopic (exact) mass is 342 g/mol. The topological polar surface area (TPSA) is 41.6 Å². The summed E-state index contributed by atoms with van der Waals surface area (Å²) in [5.41, 5.74) is -0.604. The number of hydrogen-bond donors (Lipinski definition) is 1. The predicted molar refractivity (Wildman–Crippen MR) is 79.0 cm³/mol. The minimum atomic E-state index is -4.05. The van der Waals surface area contributed by atoms with Crippen LogP contribution in [-0.4, -0.2) is 54.1 Å². The third-order valence-corrected chi connectivity index (χ3v) is 3.64. The molecule has 2 atom stereocenters. The van der Waals surface area contributed by atoms with E-state index in [9.17, 15) is 22.4 Å². The van der Waals surface area contributed by atoms with Gasteiger partial charge in [0.15, 0.2) is 0 Å². The van der Waals surface area contributed by atoms with Gasteiger partial charge in [0, 0.05) is 18.6 Å². The molecule has 0 spiro atoms. The Kier molecular flexibility index (Phi) is 6.68. The van der Waals surface area contributed by atoms with Gasteiger partial charge in [0.05, 0.1) is 6.54 Å². The molecule has 0 bridgehead atoms. The summed E-state index contributed by atoms with van der Waals surface area (Å²) in [5, 5.41) is 2.43. The van der Waals surface area contributed by atoms with Crippen LogP contribution >= 0.6 is 0 Å². The van der Waals surface area contributed by atoms with Gasteiger partial charge >= 0.3 is 18.4 Å².